The summed E-state index contributed by atoms with van der Waals surface area (Å²) < 4.78 is 55.1. The first-order chi connectivity index (χ1) is 14.4. The molecule has 0 bridgehead atoms. The van der Waals surface area contributed by atoms with Crippen molar-refractivity contribution < 1.29 is 26.5 Å². The van der Waals surface area contributed by atoms with Crippen molar-refractivity contribution in [2.45, 2.75) is 25.6 Å². The third-order valence-corrected chi connectivity index (χ3v) is 7.52. The summed E-state index contributed by atoms with van der Waals surface area (Å²) in [5.74, 6) is -0.251. The maximum absolute atomic E-state index is 13.9. The number of anilines is 1. The second kappa shape index (κ2) is 8.33. The Morgan fingerprint density at radius 3 is 2.63 bits per heavy atom. The molecule has 1 atom stereocenters. The molecule has 0 aliphatic carbocycles. The summed E-state index contributed by atoms with van der Waals surface area (Å²) in [6, 6.07) is 7.18. The van der Waals surface area contributed by atoms with Gasteiger partial charge in [-0.05, 0) is 30.5 Å². The first-order valence-electron chi connectivity index (χ1n) is 9.89. The van der Waals surface area contributed by atoms with Crippen LogP contribution in [0.4, 0.5) is 14.6 Å². The molecule has 0 saturated carbocycles. The van der Waals surface area contributed by atoms with Gasteiger partial charge in [-0.3, -0.25) is 4.79 Å². The summed E-state index contributed by atoms with van der Waals surface area (Å²) in [6.07, 6.45) is 0.612. The highest BCUT2D eigenvalue weighted by molar-refractivity contribution is 7.91. The Labute approximate surface area is 173 Å². The monoisotopic (exact) mass is 439 g/mol. The maximum atomic E-state index is 13.9. The smallest absolute Gasteiger partial charge is 0.226 e. The van der Waals surface area contributed by atoms with Gasteiger partial charge in [0.2, 0.25) is 5.91 Å². The number of carbonyl (C=O) groups is 1. The molecule has 3 heterocycles. The lowest BCUT2D eigenvalue weighted by molar-refractivity contribution is -0.138. The fourth-order valence-electron chi connectivity index (χ4n) is 4.14. The largest absolute Gasteiger partial charge is 0.356 e. The van der Waals surface area contributed by atoms with E-state index in [2.05, 4.69) is 5.16 Å². The molecule has 4 rings (SSSR count). The molecule has 2 aliphatic rings. The summed E-state index contributed by atoms with van der Waals surface area (Å²) in [5.41, 5.74) is 0.644. The van der Waals surface area contributed by atoms with Crippen molar-refractivity contribution in [2.24, 2.45) is 5.92 Å². The minimum atomic E-state index is -3.07. The Kier molecular flexibility index (Phi) is 5.77. The summed E-state index contributed by atoms with van der Waals surface area (Å²) >= 11 is 0. The first kappa shape index (κ1) is 20.8. The van der Waals surface area contributed by atoms with E-state index < -0.39 is 28.4 Å². The number of sulfone groups is 1. The second-order valence-corrected chi connectivity index (χ2v) is 10.1. The number of halogens is 2. The Morgan fingerprint density at radius 1 is 1.20 bits per heavy atom. The van der Waals surface area contributed by atoms with Crippen LogP contribution in [0.25, 0.3) is 0 Å². The number of rotatable bonds is 4. The molecule has 162 valence electrons. The van der Waals surface area contributed by atoms with Crippen molar-refractivity contribution in [3.05, 3.63) is 47.5 Å². The number of piperazine rings is 1. The zero-order valence-corrected chi connectivity index (χ0v) is 17.2. The molecule has 0 N–H and O–H groups in total. The zero-order chi connectivity index (χ0) is 21.3. The summed E-state index contributed by atoms with van der Waals surface area (Å²) in [7, 11) is -3.07. The van der Waals surface area contributed by atoms with Gasteiger partial charge in [0.15, 0.2) is 18.3 Å². The van der Waals surface area contributed by atoms with Gasteiger partial charge in [0.05, 0.1) is 17.5 Å². The SMILES string of the molecule is O=C(C1CCS(=O)(=O)CC1)N1CCN(c2cc(CF)on2)CC1c1cccc(F)c1. The van der Waals surface area contributed by atoms with Crippen LogP contribution in [0.5, 0.6) is 0 Å². The lowest BCUT2D eigenvalue weighted by atomic mass is 9.96. The Morgan fingerprint density at radius 2 is 1.97 bits per heavy atom. The topological polar surface area (TPSA) is 83.7 Å². The van der Waals surface area contributed by atoms with E-state index in [4.69, 9.17) is 4.52 Å². The second-order valence-electron chi connectivity index (χ2n) is 7.76. The van der Waals surface area contributed by atoms with Crippen LogP contribution in [-0.4, -0.2) is 55.5 Å². The van der Waals surface area contributed by atoms with Gasteiger partial charge in [0.1, 0.15) is 15.7 Å². The highest BCUT2D eigenvalue weighted by atomic mass is 32.2. The molecule has 10 heteroatoms. The first-order valence-corrected chi connectivity index (χ1v) is 11.7. The molecule has 0 spiro atoms. The molecular weight excluding hydrogens is 416 g/mol. The number of alkyl halides is 1. The van der Waals surface area contributed by atoms with Crippen LogP contribution >= 0.6 is 0 Å². The average molecular weight is 439 g/mol. The highest BCUT2D eigenvalue weighted by Crippen LogP contribution is 2.32. The van der Waals surface area contributed by atoms with Gasteiger partial charge < -0.3 is 14.3 Å². The molecule has 2 fully saturated rings. The van der Waals surface area contributed by atoms with Crippen molar-refractivity contribution >= 4 is 21.6 Å². The average Bonchev–Trinajstić information content (AvgIpc) is 3.22. The van der Waals surface area contributed by atoms with Gasteiger partial charge in [0, 0.05) is 31.6 Å². The molecule has 7 nitrogen and oxygen atoms in total. The minimum absolute atomic E-state index is 0.0128. The van der Waals surface area contributed by atoms with Crippen LogP contribution in [-0.2, 0) is 21.3 Å². The third kappa shape index (κ3) is 4.33. The van der Waals surface area contributed by atoms with Crippen LogP contribution < -0.4 is 4.90 Å². The summed E-state index contributed by atoms with van der Waals surface area (Å²) in [4.78, 5) is 16.9. The van der Waals surface area contributed by atoms with Gasteiger partial charge in [-0.15, -0.1) is 0 Å². The molecule has 0 radical (unpaired) electrons. The van der Waals surface area contributed by atoms with Crippen LogP contribution in [0.1, 0.15) is 30.2 Å². The number of amides is 1. The normalized spacial score (nSPS) is 22.3. The van der Waals surface area contributed by atoms with Crippen LogP contribution in [0, 0.1) is 11.7 Å². The number of benzene rings is 1. The molecule has 2 aromatic rings. The van der Waals surface area contributed by atoms with Crippen LogP contribution in [0.2, 0.25) is 0 Å². The van der Waals surface area contributed by atoms with Crippen molar-refractivity contribution in [1.82, 2.24) is 10.1 Å². The number of carbonyl (C=O) groups excluding carboxylic acids is 1. The van der Waals surface area contributed by atoms with Crippen LogP contribution in [0.15, 0.2) is 34.9 Å². The summed E-state index contributed by atoms with van der Waals surface area (Å²) in [5, 5.41) is 3.90. The van der Waals surface area contributed by atoms with E-state index in [0.29, 0.717) is 43.9 Å². The van der Waals surface area contributed by atoms with Gasteiger partial charge in [0.25, 0.3) is 0 Å². The Hall–Kier alpha value is -2.49. The molecule has 30 heavy (non-hydrogen) atoms. The molecule has 2 saturated heterocycles. The molecule has 1 amide bonds. The molecule has 1 aromatic heterocycles. The van der Waals surface area contributed by atoms with E-state index in [0.717, 1.165) is 0 Å². The van der Waals surface area contributed by atoms with E-state index >= 15 is 0 Å². The molecule has 2 aliphatic heterocycles. The zero-order valence-electron chi connectivity index (χ0n) is 16.3. The van der Waals surface area contributed by atoms with E-state index in [-0.39, 0.29) is 29.1 Å². The number of aromatic nitrogens is 1. The lowest BCUT2D eigenvalue weighted by Crippen LogP contribution is -2.53. The van der Waals surface area contributed by atoms with Gasteiger partial charge in [-0.2, -0.15) is 0 Å². The van der Waals surface area contributed by atoms with E-state index in [1.54, 1.807) is 17.0 Å². The Balaban J connectivity index is 1.58. The quantitative estimate of drug-likeness (QED) is 0.728. The van der Waals surface area contributed by atoms with Crippen molar-refractivity contribution in [3.63, 3.8) is 0 Å². The predicted octanol–water partition coefficient (Wildman–Crippen LogP) is 2.50. The lowest BCUT2D eigenvalue weighted by Gasteiger charge is -2.43. The van der Waals surface area contributed by atoms with E-state index in [1.807, 2.05) is 4.90 Å². The van der Waals surface area contributed by atoms with Crippen LogP contribution in [0.3, 0.4) is 0 Å². The summed E-state index contributed by atoms with van der Waals surface area (Å²) in [6.45, 7) is 0.406. The molecule has 1 unspecified atom stereocenters. The van der Waals surface area contributed by atoms with Gasteiger partial charge >= 0.3 is 0 Å². The van der Waals surface area contributed by atoms with Gasteiger partial charge in [-0.1, -0.05) is 17.3 Å². The highest BCUT2D eigenvalue weighted by Gasteiger charge is 2.38. The third-order valence-electron chi connectivity index (χ3n) is 5.80. The van der Waals surface area contributed by atoms with E-state index in [1.165, 1.54) is 18.2 Å². The fourth-order valence-corrected chi connectivity index (χ4v) is 5.63. The van der Waals surface area contributed by atoms with Crippen molar-refractivity contribution in [3.8, 4) is 0 Å². The van der Waals surface area contributed by atoms with Crippen molar-refractivity contribution in [1.29, 1.82) is 0 Å². The van der Waals surface area contributed by atoms with Crippen molar-refractivity contribution in [2.75, 3.05) is 36.0 Å². The van der Waals surface area contributed by atoms with E-state index in [9.17, 15) is 22.0 Å². The number of hydrogen-bond donors (Lipinski definition) is 0. The fraction of sp³-hybridized carbons (Fsp3) is 0.500. The number of nitrogens with zero attached hydrogens (tertiary/aromatic N) is 3. The predicted molar refractivity (Wildman–Crippen MR) is 106 cm³/mol. The molecule has 1 aromatic carbocycles. The number of hydrogen-bond acceptors (Lipinski definition) is 6. The minimum Gasteiger partial charge on any atom is -0.356 e. The Bertz CT molecular complexity index is 1010. The van der Waals surface area contributed by atoms with Gasteiger partial charge in [-0.25, -0.2) is 17.2 Å². The standard InChI is InChI=1S/C20H23F2N3O4S/c21-12-17-11-19(23-29-17)24-6-7-25(18(13-24)15-2-1-3-16(22)10-15)20(26)14-4-8-30(27,28)9-5-14/h1-3,10-11,14,18H,4-9,12-13H2. The molecular formula is C20H23F2N3O4S. The maximum Gasteiger partial charge on any atom is 0.226 e.